The molecule has 2 aromatic carbocycles. The van der Waals surface area contributed by atoms with Gasteiger partial charge < -0.3 is 13.7 Å². The average Bonchev–Trinajstić information content (AvgIpc) is 3.36. The van der Waals surface area contributed by atoms with Gasteiger partial charge in [0, 0.05) is 0 Å². The number of para-hydroxylation sites is 1. The Hall–Kier alpha value is -3.13. The van der Waals surface area contributed by atoms with E-state index in [1.54, 1.807) is 7.11 Å². The maximum Gasteiger partial charge on any atom is 0.277 e. The van der Waals surface area contributed by atoms with Gasteiger partial charge in [0.1, 0.15) is 5.75 Å². The highest BCUT2D eigenvalue weighted by Crippen LogP contribution is 2.28. The van der Waals surface area contributed by atoms with Crippen LogP contribution in [0.4, 0.5) is 0 Å². The number of nitrogens with zero attached hydrogens (tertiary/aromatic N) is 4. The maximum absolute atomic E-state index is 5.67. The SMILES string of the molecule is COc1ccccc1-c1noc(CSc2nnc(Cc3ccccc3)o2)n1. The molecule has 0 N–H and O–H groups in total. The Balaban J connectivity index is 1.39. The topological polar surface area (TPSA) is 87.1 Å². The molecule has 0 radical (unpaired) electrons. The molecule has 27 heavy (non-hydrogen) atoms. The van der Waals surface area contributed by atoms with Crippen molar-refractivity contribution >= 4 is 11.8 Å². The quantitative estimate of drug-likeness (QED) is 0.445. The van der Waals surface area contributed by atoms with E-state index >= 15 is 0 Å². The van der Waals surface area contributed by atoms with Crippen molar-refractivity contribution in [1.29, 1.82) is 0 Å². The van der Waals surface area contributed by atoms with Gasteiger partial charge in [-0.2, -0.15) is 4.98 Å². The van der Waals surface area contributed by atoms with Gasteiger partial charge in [0.25, 0.3) is 5.22 Å². The van der Waals surface area contributed by atoms with Crippen molar-refractivity contribution in [3.8, 4) is 17.1 Å². The molecule has 7 nitrogen and oxygen atoms in total. The zero-order valence-electron chi connectivity index (χ0n) is 14.5. The lowest BCUT2D eigenvalue weighted by Crippen LogP contribution is -1.89. The molecule has 0 unspecified atom stereocenters. The molecule has 0 aliphatic carbocycles. The van der Waals surface area contributed by atoms with Crippen LogP contribution in [0, 0.1) is 0 Å². The molecule has 2 heterocycles. The summed E-state index contributed by atoms with van der Waals surface area (Å²) in [6, 6.07) is 17.5. The van der Waals surface area contributed by atoms with Gasteiger partial charge in [0.15, 0.2) is 0 Å². The second kappa shape index (κ2) is 8.05. The van der Waals surface area contributed by atoms with Crippen molar-refractivity contribution in [2.24, 2.45) is 0 Å². The standard InChI is InChI=1S/C19H16N4O3S/c1-24-15-10-6-5-9-14(15)18-20-17(26-23-18)12-27-19-22-21-16(25-19)11-13-7-3-2-4-8-13/h2-10H,11-12H2,1H3. The first-order valence-corrected chi connectivity index (χ1v) is 9.25. The first-order valence-electron chi connectivity index (χ1n) is 8.27. The zero-order valence-corrected chi connectivity index (χ0v) is 15.3. The van der Waals surface area contributed by atoms with Gasteiger partial charge in [-0.25, -0.2) is 0 Å². The fourth-order valence-corrected chi connectivity index (χ4v) is 3.13. The summed E-state index contributed by atoms with van der Waals surface area (Å²) in [4.78, 5) is 4.41. The lowest BCUT2D eigenvalue weighted by atomic mass is 10.2. The molecular weight excluding hydrogens is 364 g/mol. The van der Waals surface area contributed by atoms with Gasteiger partial charge in [-0.3, -0.25) is 0 Å². The van der Waals surface area contributed by atoms with E-state index in [1.807, 2.05) is 54.6 Å². The van der Waals surface area contributed by atoms with Crippen LogP contribution in [0.25, 0.3) is 11.4 Å². The maximum atomic E-state index is 5.67. The van der Waals surface area contributed by atoms with Crippen LogP contribution in [0.1, 0.15) is 17.3 Å². The van der Waals surface area contributed by atoms with Gasteiger partial charge in [-0.15, -0.1) is 10.2 Å². The summed E-state index contributed by atoms with van der Waals surface area (Å²) in [5.41, 5.74) is 1.90. The number of benzene rings is 2. The third-order valence-corrected chi connectivity index (χ3v) is 4.58. The highest BCUT2D eigenvalue weighted by atomic mass is 32.2. The van der Waals surface area contributed by atoms with Crippen LogP contribution in [0.15, 0.2) is 68.8 Å². The molecule has 0 amide bonds. The van der Waals surface area contributed by atoms with Crippen molar-refractivity contribution in [2.45, 2.75) is 17.4 Å². The van der Waals surface area contributed by atoms with Gasteiger partial charge >= 0.3 is 0 Å². The largest absolute Gasteiger partial charge is 0.496 e. The molecule has 8 heteroatoms. The number of hydrogen-bond donors (Lipinski definition) is 0. The molecule has 0 bridgehead atoms. The van der Waals surface area contributed by atoms with E-state index in [9.17, 15) is 0 Å². The van der Waals surface area contributed by atoms with Gasteiger partial charge in [-0.05, 0) is 17.7 Å². The van der Waals surface area contributed by atoms with E-state index in [4.69, 9.17) is 13.7 Å². The molecule has 0 spiro atoms. The van der Waals surface area contributed by atoms with Crippen LogP contribution >= 0.6 is 11.8 Å². The minimum atomic E-state index is 0.440. The summed E-state index contributed by atoms with van der Waals surface area (Å²) in [5, 5.41) is 12.6. The molecular formula is C19H16N4O3S. The highest BCUT2D eigenvalue weighted by molar-refractivity contribution is 7.98. The highest BCUT2D eigenvalue weighted by Gasteiger charge is 2.14. The monoisotopic (exact) mass is 380 g/mol. The van der Waals surface area contributed by atoms with E-state index in [0.29, 0.717) is 40.8 Å². The molecule has 0 aliphatic rings. The number of thioether (sulfide) groups is 1. The van der Waals surface area contributed by atoms with E-state index in [1.165, 1.54) is 11.8 Å². The molecule has 0 saturated carbocycles. The first kappa shape index (κ1) is 17.3. The molecule has 4 rings (SSSR count). The van der Waals surface area contributed by atoms with Crippen molar-refractivity contribution < 1.29 is 13.7 Å². The summed E-state index contributed by atoms with van der Waals surface area (Å²) in [6.07, 6.45) is 0.604. The molecule has 0 fully saturated rings. The Morgan fingerprint density at radius 1 is 0.963 bits per heavy atom. The predicted octanol–water partition coefficient (Wildman–Crippen LogP) is 4.01. The lowest BCUT2D eigenvalue weighted by Gasteiger charge is -2.02. The smallest absolute Gasteiger partial charge is 0.277 e. The lowest BCUT2D eigenvalue weighted by molar-refractivity contribution is 0.388. The Labute approximate surface area is 159 Å². The van der Waals surface area contributed by atoms with E-state index in [0.717, 1.165) is 11.1 Å². The summed E-state index contributed by atoms with van der Waals surface area (Å²) in [6.45, 7) is 0. The number of rotatable bonds is 7. The molecule has 2 aromatic heterocycles. The number of methoxy groups -OCH3 is 1. The minimum absolute atomic E-state index is 0.440. The number of ether oxygens (including phenoxy) is 1. The third-order valence-electron chi connectivity index (χ3n) is 3.78. The van der Waals surface area contributed by atoms with Crippen molar-refractivity contribution in [3.05, 3.63) is 71.9 Å². The molecule has 4 aromatic rings. The summed E-state index contributed by atoms with van der Waals surface area (Å²) in [5.74, 6) is 2.67. The van der Waals surface area contributed by atoms with Gasteiger partial charge in [0.2, 0.25) is 17.6 Å². The fraction of sp³-hybridized carbons (Fsp3) is 0.158. The van der Waals surface area contributed by atoms with Crippen molar-refractivity contribution in [3.63, 3.8) is 0 Å². The van der Waals surface area contributed by atoms with E-state index < -0.39 is 0 Å². The predicted molar refractivity (Wildman–Crippen MR) is 99.4 cm³/mol. The molecule has 136 valence electrons. The van der Waals surface area contributed by atoms with E-state index in [-0.39, 0.29) is 0 Å². The first-order chi connectivity index (χ1) is 13.3. The zero-order chi connectivity index (χ0) is 18.5. The average molecular weight is 380 g/mol. The van der Waals surface area contributed by atoms with Crippen LogP contribution in [-0.2, 0) is 12.2 Å². The van der Waals surface area contributed by atoms with Crippen LogP contribution in [0.2, 0.25) is 0 Å². The normalized spacial score (nSPS) is 10.9. The van der Waals surface area contributed by atoms with E-state index in [2.05, 4.69) is 20.3 Å². The minimum Gasteiger partial charge on any atom is -0.496 e. The van der Waals surface area contributed by atoms with Crippen LogP contribution in [0.3, 0.4) is 0 Å². The van der Waals surface area contributed by atoms with Crippen LogP contribution in [0.5, 0.6) is 5.75 Å². The fourth-order valence-electron chi connectivity index (χ4n) is 2.51. The van der Waals surface area contributed by atoms with Crippen LogP contribution in [-0.4, -0.2) is 27.4 Å². The van der Waals surface area contributed by atoms with Gasteiger partial charge in [0.05, 0.1) is 24.8 Å². The summed E-state index contributed by atoms with van der Waals surface area (Å²) >= 11 is 1.36. The Bertz CT molecular complexity index is 1020. The second-order valence-corrected chi connectivity index (χ2v) is 6.55. The molecule has 0 atom stereocenters. The molecule has 0 saturated heterocycles. The van der Waals surface area contributed by atoms with Crippen molar-refractivity contribution in [1.82, 2.24) is 20.3 Å². The Morgan fingerprint density at radius 3 is 2.63 bits per heavy atom. The number of aromatic nitrogens is 4. The number of hydrogen-bond acceptors (Lipinski definition) is 8. The molecule has 0 aliphatic heterocycles. The Kier molecular flexibility index (Phi) is 5.15. The van der Waals surface area contributed by atoms with Crippen molar-refractivity contribution in [2.75, 3.05) is 7.11 Å². The summed E-state index contributed by atoms with van der Waals surface area (Å²) in [7, 11) is 1.61. The summed E-state index contributed by atoms with van der Waals surface area (Å²) < 4.78 is 16.3. The van der Waals surface area contributed by atoms with Gasteiger partial charge in [-0.1, -0.05) is 59.4 Å². The van der Waals surface area contributed by atoms with Crippen LogP contribution < -0.4 is 4.74 Å². The third kappa shape index (κ3) is 4.17. The Morgan fingerprint density at radius 2 is 1.78 bits per heavy atom. The second-order valence-electron chi connectivity index (χ2n) is 5.62.